The van der Waals surface area contributed by atoms with Crippen LogP contribution in [-0.4, -0.2) is 142 Å². The minimum absolute atomic E-state index is 0. The van der Waals surface area contributed by atoms with Crippen LogP contribution >= 0.6 is 11.6 Å². The number of benzene rings is 5. The molecule has 2 aliphatic rings. The van der Waals surface area contributed by atoms with E-state index in [2.05, 4.69) is 91.0 Å². The fourth-order valence-electron chi connectivity index (χ4n) is 10.5. The molecule has 538 valence electrons. The number of nitro groups is 1. The first kappa shape index (κ1) is 83.0. The third-order valence-electron chi connectivity index (χ3n) is 15.7. The van der Waals surface area contributed by atoms with Gasteiger partial charge in [0, 0.05) is 89.3 Å². The predicted octanol–water partition coefficient (Wildman–Crippen LogP) is 5.29. The monoisotopic (exact) mass is 1440 g/mol. The van der Waals surface area contributed by atoms with Gasteiger partial charge in [0.2, 0.25) is 17.9 Å². The summed E-state index contributed by atoms with van der Waals surface area (Å²) in [4.78, 5) is 32.6. The number of amides is 2. The zero-order valence-corrected chi connectivity index (χ0v) is 63.3. The second-order valence-corrected chi connectivity index (χ2v) is 26.0. The predicted molar refractivity (Wildman–Crippen MR) is 384 cm³/mol. The number of halogens is 1. The van der Waals surface area contributed by atoms with Crippen LogP contribution in [0.4, 0.5) is 0 Å². The number of ether oxygens (including phenoxy) is 2. The third-order valence-corrected chi connectivity index (χ3v) is 16.0. The SMILES string of the molecule is CC(C(O)c1cnn(Cc2ccccc2)c1)[N+](=O)[O-].CC(C)(C)[O-].CC(N)C(O)c1cnn(Cc2ccccc2)c1.CC(NC(=O)CCl)C(O)c1cnn(Cc2ccccc2)c1.CC1NC(=O)COC1c1cnn(Cc2ccccc2)c1.CC1NCCOC1c1cnn(Cc2ccccc2)c1.[K+]. The maximum absolute atomic E-state index is 11.2. The van der Waals surface area contributed by atoms with Crippen molar-refractivity contribution in [2.45, 2.75) is 154 Å². The molecule has 27 heteroatoms. The van der Waals surface area contributed by atoms with Crippen molar-refractivity contribution >= 4 is 23.4 Å². The Morgan fingerprint density at radius 3 is 1.25 bits per heavy atom. The summed E-state index contributed by atoms with van der Waals surface area (Å²) in [7, 11) is 0. The van der Waals surface area contributed by atoms with Gasteiger partial charge in [0.15, 0.2) is 0 Å². The van der Waals surface area contributed by atoms with E-state index in [-0.39, 0.29) is 100.0 Å². The van der Waals surface area contributed by atoms with Crippen LogP contribution in [0.1, 0.15) is 142 Å². The number of carbonyl (C=O) groups excluding carboxylic acids is 2. The van der Waals surface area contributed by atoms with Crippen molar-refractivity contribution in [3.8, 4) is 0 Å². The molecule has 10 aromatic rings. The quantitative estimate of drug-likeness (QED) is 0.0208. The van der Waals surface area contributed by atoms with Crippen molar-refractivity contribution in [1.29, 1.82) is 0 Å². The van der Waals surface area contributed by atoms with Crippen molar-refractivity contribution in [3.05, 3.63) is 279 Å². The van der Waals surface area contributed by atoms with E-state index in [1.165, 1.54) is 29.8 Å². The second kappa shape index (κ2) is 42.6. The van der Waals surface area contributed by atoms with Gasteiger partial charge in [0.25, 0.3) is 0 Å². The minimum Gasteiger partial charge on any atom is -0.850 e. The fourth-order valence-corrected chi connectivity index (χ4v) is 10.5. The Labute approximate surface area is 644 Å². The maximum atomic E-state index is 11.2. The normalized spacial score (nSPS) is 17.2. The first-order valence-electron chi connectivity index (χ1n) is 33.5. The largest absolute Gasteiger partial charge is 1.00 e. The van der Waals surface area contributed by atoms with Gasteiger partial charge in [-0.15, -0.1) is 17.2 Å². The van der Waals surface area contributed by atoms with Crippen LogP contribution in [0, 0.1) is 10.1 Å². The standard InChI is InChI=1S/C15H18ClN3O2.C15H17N3O2.C15H19N3O.C13H15N3O3.C13H17N3O.C4H9O.K/c1-11(18-14(20)7-16)15(21)13-8-17-19(10-13)9-12-5-3-2-4-6-12;1-11-15(20-10-14(19)17-11)13-7-16-18(9-13)8-12-5-3-2-4-6-12;1-12-15(19-8-7-16-12)14-9-17-18(11-14)10-13-5-3-2-4-6-13;1-10(16(18)19)13(17)12-7-14-15(9-12)8-11-5-3-2-4-6-11;1-10(14)13(17)12-7-15-16(9-12)8-11-5-3-2-4-6-11;1-4(2,3)5;/h2-6,8,10-11,15,21H,7,9H2,1H3,(H,18,20);2-7,9,11,15H,8,10H2,1H3,(H,17,19);2-6,9,11-12,15-16H,7-8,10H2,1H3;2-7,9-10,13,17H,8H2,1H3;2-7,9-10,13,17H,8,14H2,1H3;1-3H3;/q;;;;;-1;+1. The molecule has 2 fully saturated rings. The molecular formula is C75H95ClKN15O10. The molecule has 5 aromatic carbocycles. The molecule has 25 nitrogen and oxygen atoms in total. The zero-order chi connectivity index (χ0) is 72.8. The second-order valence-electron chi connectivity index (χ2n) is 25.7. The molecule has 8 N–H and O–H groups in total. The number of rotatable bonds is 21. The molecule has 2 saturated heterocycles. The van der Waals surface area contributed by atoms with E-state index in [9.17, 15) is 40.1 Å². The molecule has 10 unspecified atom stereocenters. The molecule has 7 heterocycles. The number of hydrogen-bond donors (Lipinski definition) is 7. The Balaban J connectivity index is 0.000000197. The summed E-state index contributed by atoms with van der Waals surface area (Å²) in [5, 5.41) is 80.9. The van der Waals surface area contributed by atoms with Gasteiger partial charge in [-0.25, -0.2) is 0 Å². The molecule has 102 heavy (non-hydrogen) atoms. The van der Waals surface area contributed by atoms with Crippen LogP contribution in [0.15, 0.2) is 214 Å². The average Bonchev–Trinajstić information content (AvgIpc) is 1.68. The van der Waals surface area contributed by atoms with Crippen molar-refractivity contribution in [2.75, 3.05) is 25.6 Å². The van der Waals surface area contributed by atoms with Crippen LogP contribution in [0.3, 0.4) is 0 Å². The topological polar surface area (TPSA) is 331 Å². The molecule has 12 rings (SSSR count). The van der Waals surface area contributed by atoms with Crippen LogP contribution in [-0.2, 0) is 51.8 Å². The number of aliphatic hydroxyl groups excluding tert-OH is 3. The van der Waals surface area contributed by atoms with Gasteiger partial charge in [-0.3, -0.25) is 43.1 Å². The number of carbonyl (C=O) groups is 2. The molecule has 0 saturated carbocycles. The van der Waals surface area contributed by atoms with Crippen LogP contribution < -0.4 is 78.2 Å². The number of alkyl halides is 1. The summed E-state index contributed by atoms with van der Waals surface area (Å²) in [6.07, 6.45) is 15.1. The summed E-state index contributed by atoms with van der Waals surface area (Å²) in [5.41, 5.74) is 14.8. The smallest absolute Gasteiger partial charge is 0.850 e. The number of nitrogens with one attached hydrogen (secondary N) is 3. The van der Waals surface area contributed by atoms with E-state index >= 15 is 0 Å². The third kappa shape index (κ3) is 28.7. The van der Waals surface area contributed by atoms with Crippen molar-refractivity contribution in [3.63, 3.8) is 0 Å². The van der Waals surface area contributed by atoms with Gasteiger partial charge in [0.1, 0.15) is 36.9 Å². The number of morpholine rings is 2. The molecule has 0 bridgehead atoms. The average molecular weight is 1440 g/mol. The Morgan fingerprint density at radius 2 is 0.922 bits per heavy atom. The van der Waals surface area contributed by atoms with E-state index in [1.807, 2.05) is 156 Å². The molecule has 0 radical (unpaired) electrons. The van der Waals surface area contributed by atoms with Crippen LogP contribution in [0.5, 0.6) is 0 Å². The van der Waals surface area contributed by atoms with Gasteiger partial charge < -0.3 is 51.6 Å². The van der Waals surface area contributed by atoms with Gasteiger partial charge in [-0.2, -0.15) is 25.5 Å². The first-order chi connectivity index (χ1) is 48.4. The molecular weight excluding hydrogens is 1350 g/mol. The number of hydrogen-bond acceptors (Lipinski definition) is 17. The zero-order valence-electron chi connectivity index (χ0n) is 59.4. The van der Waals surface area contributed by atoms with E-state index in [1.54, 1.807) is 73.5 Å². The molecule has 10 atom stereocenters. The number of aromatic nitrogens is 10. The fraction of sp³-hybridized carbons (Fsp3) is 0.373. The summed E-state index contributed by atoms with van der Waals surface area (Å²) in [6, 6.07) is 48.8. The molecule has 5 aromatic heterocycles. The van der Waals surface area contributed by atoms with Gasteiger partial charge in [-0.1, -0.05) is 172 Å². The van der Waals surface area contributed by atoms with E-state index in [4.69, 9.17) is 26.8 Å². The Hall–Kier alpha value is -7.90. The van der Waals surface area contributed by atoms with Gasteiger partial charge >= 0.3 is 51.4 Å². The molecule has 0 spiro atoms. The van der Waals surface area contributed by atoms with Crippen LogP contribution in [0.2, 0.25) is 0 Å². The maximum Gasteiger partial charge on any atom is 1.00 e. The Bertz CT molecular complexity index is 4000. The molecule has 2 amide bonds. The van der Waals surface area contributed by atoms with Crippen molar-refractivity contribution in [1.82, 2.24) is 64.9 Å². The number of nitrogens with zero attached hydrogens (tertiary/aromatic N) is 11. The Kier molecular flexibility index (Phi) is 34.7. The van der Waals surface area contributed by atoms with E-state index < -0.39 is 40.9 Å². The van der Waals surface area contributed by atoms with E-state index in [0.29, 0.717) is 36.8 Å². The molecule has 2 aliphatic heterocycles. The number of nitrogens with two attached hydrogens (primary N) is 1. The number of aliphatic hydroxyl groups is 3. The molecule has 0 aliphatic carbocycles. The van der Waals surface area contributed by atoms with Gasteiger partial charge in [0.05, 0.1) is 88.5 Å². The minimum atomic E-state index is -1.14. The van der Waals surface area contributed by atoms with E-state index in [0.717, 1.165) is 54.1 Å². The van der Waals surface area contributed by atoms with Crippen molar-refractivity contribution in [2.24, 2.45) is 5.73 Å². The summed E-state index contributed by atoms with van der Waals surface area (Å²) >= 11 is 5.43. The first-order valence-corrected chi connectivity index (χ1v) is 34.0. The summed E-state index contributed by atoms with van der Waals surface area (Å²) in [6.45, 7) is 19.1. The summed E-state index contributed by atoms with van der Waals surface area (Å²) in [5.74, 6) is -0.491. The van der Waals surface area contributed by atoms with Gasteiger partial charge in [-0.05, 0) is 55.5 Å². The van der Waals surface area contributed by atoms with Crippen LogP contribution in [0.25, 0.3) is 0 Å². The Morgan fingerprint density at radius 1 is 0.588 bits per heavy atom. The van der Waals surface area contributed by atoms with Crippen molar-refractivity contribution < 1.29 is 95.8 Å². The summed E-state index contributed by atoms with van der Waals surface area (Å²) < 4.78 is 20.5.